The predicted molar refractivity (Wildman–Crippen MR) is 46.5 cm³/mol. The first kappa shape index (κ1) is 9.47. The minimum absolute atomic E-state index is 0.0911. The normalized spacial score (nSPS) is 9.69. The fraction of sp³-hybridized carbons (Fsp3) is 0.250. The van der Waals surface area contributed by atoms with E-state index in [0.717, 1.165) is 0 Å². The third kappa shape index (κ3) is 2.41. The van der Waals surface area contributed by atoms with Gasteiger partial charge in [0, 0.05) is 5.69 Å². The van der Waals surface area contributed by atoms with Crippen LogP contribution in [0.5, 0.6) is 0 Å². The zero-order chi connectivity index (χ0) is 9.84. The summed E-state index contributed by atoms with van der Waals surface area (Å²) in [5.41, 5.74) is 1.31. The van der Waals surface area contributed by atoms with Crippen molar-refractivity contribution in [3.8, 4) is 0 Å². The van der Waals surface area contributed by atoms with Crippen LogP contribution in [-0.2, 0) is 6.61 Å². The number of aliphatic hydroxyl groups is 1. The van der Waals surface area contributed by atoms with E-state index >= 15 is 0 Å². The highest BCUT2D eigenvalue weighted by Gasteiger charge is 2.02. The molecular formula is C8H10N2O3. The maximum Gasteiger partial charge on any atom is 0.410 e. The third-order valence-corrected chi connectivity index (χ3v) is 1.60. The van der Waals surface area contributed by atoms with Crippen LogP contribution in [0.2, 0.25) is 0 Å². The number of anilines is 1. The van der Waals surface area contributed by atoms with Gasteiger partial charge in [0.15, 0.2) is 0 Å². The fourth-order valence-electron chi connectivity index (χ4n) is 0.936. The Labute approximate surface area is 75.0 Å². The molecule has 3 N–H and O–H groups in total. The molecule has 0 fully saturated rings. The molecule has 0 aliphatic rings. The first-order valence-electron chi connectivity index (χ1n) is 3.71. The van der Waals surface area contributed by atoms with E-state index in [1.165, 1.54) is 6.07 Å². The van der Waals surface area contributed by atoms with Crippen LogP contribution in [0.3, 0.4) is 0 Å². The van der Waals surface area contributed by atoms with Crippen LogP contribution in [0.4, 0.5) is 10.6 Å². The smallest absolute Gasteiger partial charge is 0.410 e. The molecule has 13 heavy (non-hydrogen) atoms. The van der Waals surface area contributed by atoms with E-state index < -0.39 is 6.09 Å². The van der Waals surface area contributed by atoms with E-state index in [9.17, 15) is 4.79 Å². The number of hydrogen-bond donors (Lipinski definition) is 3. The van der Waals surface area contributed by atoms with E-state index in [1.807, 2.05) is 0 Å². The van der Waals surface area contributed by atoms with Gasteiger partial charge < -0.3 is 10.2 Å². The van der Waals surface area contributed by atoms with Gasteiger partial charge in [0.05, 0.1) is 6.61 Å². The van der Waals surface area contributed by atoms with Gasteiger partial charge >= 0.3 is 6.09 Å². The number of carbonyl (C=O) groups is 1. The van der Waals surface area contributed by atoms with Crippen LogP contribution in [0.25, 0.3) is 0 Å². The van der Waals surface area contributed by atoms with Crippen molar-refractivity contribution in [3.05, 3.63) is 23.4 Å². The summed E-state index contributed by atoms with van der Waals surface area (Å²) in [4.78, 5) is 14.2. The van der Waals surface area contributed by atoms with Crippen LogP contribution in [-0.4, -0.2) is 21.3 Å². The minimum atomic E-state index is -1.15. The number of aryl methyl sites for hydroxylation is 1. The highest BCUT2D eigenvalue weighted by atomic mass is 16.4. The molecule has 1 aromatic rings. The monoisotopic (exact) mass is 182 g/mol. The Morgan fingerprint density at radius 3 is 2.77 bits per heavy atom. The topological polar surface area (TPSA) is 82.5 Å². The molecule has 0 saturated heterocycles. The molecule has 0 atom stereocenters. The Bertz CT molecular complexity index is 325. The Hall–Kier alpha value is -1.62. The first-order valence-corrected chi connectivity index (χ1v) is 3.71. The molecular weight excluding hydrogens is 172 g/mol. The molecule has 1 amide bonds. The second-order valence-electron chi connectivity index (χ2n) is 2.53. The van der Waals surface area contributed by atoms with Crippen molar-refractivity contribution >= 4 is 11.9 Å². The average molecular weight is 182 g/mol. The van der Waals surface area contributed by atoms with Crippen molar-refractivity contribution in [3.63, 3.8) is 0 Å². The summed E-state index contributed by atoms with van der Waals surface area (Å²) in [6.45, 7) is 1.62. The summed E-state index contributed by atoms with van der Waals surface area (Å²) >= 11 is 0. The second-order valence-corrected chi connectivity index (χ2v) is 2.53. The molecule has 0 unspecified atom stereocenters. The number of nitrogens with one attached hydrogen (secondary N) is 1. The first-order chi connectivity index (χ1) is 6.13. The van der Waals surface area contributed by atoms with Crippen molar-refractivity contribution in [2.45, 2.75) is 13.5 Å². The zero-order valence-electron chi connectivity index (χ0n) is 7.11. The maximum absolute atomic E-state index is 10.2. The number of amides is 1. The lowest BCUT2D eigenvalue weighted by molar-refractivity contribution is 0.209. The SMILES string of the molecule is Cc1nc(NC(=O)O)ccc1CO. The maximum atomic E-state index is 10.2. The molecule has 1 rings (SSSR count). The molecule has 0 bridgehead atoms. The van der Waals surface area contributed by atoms with Gasteiger partial charge in [-0.05, 0) is 18.6 Å². The minimum Gasteiger partial charge on any atom is -0.465 e. The Morgan fingerprint density at radius 2 is 2.31 bits per heavy atom. The lowest BCUT2D eigenvalue weighted by Crippen LogP contribution is -2.09. The summed E-state index contributed by atoms with van der Waals surface area (Å²) in [5, 5.41) is 19.3. The average Bonchev–Trinajstić information content (AvgIpc) is 2.03. The van der Waals surface area contributed by atoms with Crippen molar-refractivity contribution in [1.82, 2.24) is 4.98 Å². The van der Waals surface area contributed by atoms with Gasteiger partial charge in [-0.1, -0.05) is 6.07 Å². The number of nitrogens with zero attached hydrogens (tertiary/aromatic N) is 1. The largest absolute Gasteiger partial charge is 0.465 e. The van der Waals surface area contributed by atoms with E-state index in [4.69, 9.17) is 10.2 Å². The highest BCUT2D eigenvalue weighted by molar-refractivity contribution is 5.81. The summed E-state index contributed by atoms with van der Waals surface area (Å²) in [6, 6.07) is 3.14. The van der Waals surface area contributed by atoms with Crippen LogP contribution < -0.4 is 5.32 Å². The van der Waals surface area contributed by atoms with Gasteiger partial charge in [-0.15, -0.1) is 0 Å². The number of aliphatic hydroxyl groups excluding tert-OH is 1. The standard InChI is InChI=1S/C8H10N2O3/c1-5-6(4-11)2-3-7(9-5)10-8(12)13/h2-3,11H,4H2,1H3,(H,9,10)(H,12,13). The lowest BCUT2D eigenvalue weighted by Gasteiger charge is -2.04. The van der Waals surface area contributed by atoms with Gasteiger partial charge in [0.25, 0.3) is 0 Å². The van der Waals surface area contributed by atoms with Crippen LogP contribution in [0, 0.1) is 6.92 Å². The Morgan fingerprint density at radius 1 is 1.62 bits per heavy atom. The molecule has 0 spiro atoms. The number of pyridine rings is 1. The molecule has 0 aromatic carbocycles. The molecule has 0 saturated carbocycles. The van der Waals surface area contributed by atoms with E-state index in [2.05, 4.69) is 10.3 Å². The molecule has 1 heterocycles. The van der Waals surface area contributed by atoms with Crippen LogP contribution in [0.15, 0.2) is 12.1 Å². The zero-order valence-corrected chi connectivity index (χ0v) is 7.11. The van der Waals surface area contributed by atoms with Gasteiger partial charge in [0.1, 0.15) is 5.82 Å². The van der Waals surface area contributed by atoms with Gasteiger partial charge in [-0.25, -0.2) is 9.78 Å². The summed E-state index contributed by atoms with van der Waals surface area (Å²) < 4.78 is 0. The van der Waals surface area contributed by atoms with Gasteiger partial charge in [-0.3, -0.25) is 5.32 Å². The molecule has 0 radical (unpaired) electrons. The molecule has 0 aliphatic carbocycles. The van der Waals surface area contributed by atoms with Gasteiger partial charge in [-0.2, -0.15) is 0 Å². The molecule has 1 aromatic heterocycles. The van der Waals surface area contributed by atoms with Crippen LogP contribution in [0.1, 0.15) is 11.3 Å². The summed E-state index contributed by atoms with van der Waals surface area (Å²) in [6.07, 6.45) is -1.15. The summed E-state index contributed by atoms with van der Waals surface area (Å²) in [5.74, 6) is 0.266. The number of aromatic nitrogens is 1. The van der Waals surface area contributed by atoms with E-state index in [0.29, 0.717) is 11.3 Å². The summed E-state index contributed by atoms with van der Waals surface area (Å²) in [7, 11) is 0. The molecule has 5 heteroatoms. The number of carboxylic acid groups (broad SMARTS) is 1. The Kier molecular flexibility index (Phi) is 2.81. The van der Waals surface area contributed by atoms with Crippen molar-refractivity contribution in [2.24, 2.45) is 0 Å². The Balaban J connectivity index is 2.89. The van der Waals surface area contributed by atoms with Crippen molar-refractivity contribution in [2.75, 3.05) is 5.32 Å². The van der Waals surface area contributed by atoms with Crippen molar-refractivity contribution in [1.29, 1.82) is 0 Å². The number of hydrogen-bond acceptors (Lipinski definition) is 3. The number of rotatable bonds is 2. The second kappa shape index (κ2) is 3.86. The third-order valence-electron chi connectivity index (χ3n) is 1.60. The fourth-order valence-corrected chi connectivity index (χ4v) is 0.936. The van der Waals surface area contributed by atoms with Crippen LogP contribution >= 0.6 is 0 Å². The lowest BCUT2D eigenvalue weighted by atomic mass is 10.2. The van der Waals surface area contributed by atoms with Crippen molar-refractivity contribution < 1.29 is 15.0 Å². The molecule has 70 valence electrons. The van der Waals surface area contributed by atoms with E-state index in [-0.39, 0.29) is 12.4 Å². The molecule has 5 nitrogen and oxygen atoms in total. The van der Waals surface area contributed by atoms with E-state index in [1.54, 1.807) is 13.0 Å². The predicted octanol–water partition coefficient (Wildman–Crippen LogP) is 0.972. The quantitative estimate of drug-likeness (QED) is 0.636. The molecule has 0 aliphatic heterocycles. The van der Waals surface area contributed by atoms with Gasteiger partial charge in [0.2, 0.25) is 0 Å². The highest BCUT2D eigenvalue weighted by Crippen LogP contribution is 2.09.